The van der Waals surface area contributed by atoms with Gasteiger partial charge in [0.05, 0.1) is 0 Å². The molecule has 56 valence electrons. The Kier molecular flexibility index (Phi) is 4.24. The molecule has 0 aliphatic carbocycles. The summed E-state index contributed by atoms with van der Waals surface area (Å²) >= 11 is 0. The van der Waals surface area contributed by atoms with Crippen molar-refractivity contribution in [1.82, 2.24) is 0 Å². The number of rotatable bonds is 3. The van der Waals surface area contributed by atoms with Crippen LogP contribution in [-0.4, -0.2) is 11.2 Å². The summed E-state index contributed by atoms with van der Waals surface area (Å²) in [5.74, 6) is -0.720. The molecule has 0 bridgehead atoms. The van der Waals surface area contributed by atoms with E-state index < -0.39 is 5.97 Å². The van der Waals surface area contributed by atoms with Gasteiger partial charge in [0.25, 0.3) is 0 Å². The molecular weight excluding hydrogens is 132 g/mol. The van der Waals surface area contributed by atoms with Crippen molar-refractivity contribution in [2.75, 3.05) is 0 Å². The molecule has 0 saturated heterocycles. The molecule has 0 radical (unpaired) electrons. The molecule has 0 saturated carbocycles. The fraction of sp³-hybridized carbons (Fsp3) is 0.286. The summed E-state index contributed by atoms with van der Waals surface area (Å²) < 4.78 is 0. The van der Waals surface area contributed by atoms with Crippen LogP contribution in [0.15, 0.2) is 24.3 Å². The van der Waals surface area contributed by atoms with Crippen molar-refractivity contribution >= 4 is 5.97 Å². The minimum atomic E-state index is -0.720. The van der Waals surface area contributed by atoms with Gasteiger partial charge in [-0.2, -0.15) is 5.26 Å². The molecule has 0 aliphatic heterocycles. The topological polar surface area (TPSA) is 46.5 Å². The zero-order chi connectivity index (χ0) is 7.98. The lowest BCUT2D eigenvalue weighted by Gasteiger charge is -1.96. The summed E-state index contributed by atoms with van der Waals surface area (Å²) in [5, 5.41) is 7.94. The minimum Gasteiger partial charge on any atom is -0.296 e. The van der Waals surface area contributed by atoms with Crippen LogP contribution >= 0.6 is 0 Å². The highest BCUT2D eigenvalue weighted by Crippen LogP contribution is 2.02. The maximum absolute atomic E-state index is 10.5. The normalized spacial score (nSPS) is 10.8. The molecule has 3 nitrogen and oxygen atoms in total. The second kappa shape index (κ2) is 4.76. The monoisotopic (exact) mass is 142 g/mol. The number of carbonyl (C=O) groups excluding carboxylic acids is 1. The van der Waals surface area contributed by atoms with E-state index in [1.54, 1.807) is 19.1 Å². The van der Waals surface area contributed by atoms with E-state index in [-0.39, 0.29) is 0 Å². The summed E-state index contributed by atoms with van der Waals surface area (Å²) in [7, 11) is 0. The number of allylic oxidation sites excluding steroid dienone is 2. The van der Waals surface area contributed by atoms with Gasteiger partial charge >= 0.3 is 5.97 Å². The molecule has 3 heteroatoms. The maximum atomic E-state index is 10.5. The Balaban J connectivity index is 4.08. The highest BCUT2D eigenvalue weighted by molar-refractivity contribution is 5.88. The fourth-order valence-corrected chi connectivity index (χ4v) is 0.533. The lowest BCUT2D eigenvalue weighted by atomic mass is 10.2. The average Bonchev–Trinajstić information content (AvgIpc) is 1.99. The molecule has 0 aliphatic rings. The third kappa shape index (κ3) is 2.46. The first kappa shape index (κ1) is 8.91. The van der Waals surface area contributed by atoms with E-state index in [0.717, 1.165) is 0 Å². The summed E-state index contributed by atoms with van der Waals surface area (Å²) in [6.07, 6.45) is 3.54. The standard InChI is InChI=1S/C7H10O3/c1-3-5-6(4-2)7(8)10-9/h3-4,9H,1,5H2,2H3. The molecule has 0 spiro atoms. The molecule has 10 heavy (non-hydrogen) atoms. The van der Waals surface area contributed by atoms with Crippen LogP contribution in [0.3, 0.4) is 0 Å². The summed E-state index contributed by atoms with van der Waals surface area (Å²) in [4.78, 5) is 14.0. The summed E-state index contributed by atoms with van der Waals surface area (Å²) in [6, 6.07) is 0. The first-order valence-corrected chi connectivity index (χ1v) is 2.88. The quantitative estimate of drug-likeness (QED) is 0.281. The predicted octanol–water partition coefficient (Wildman–Crippen LogP) is 1.52. The van der Waals surface area contributed by atoms with Gasteiger partial charge in [0.1, 0.15) is 0 Å². The molecular formula is C7H10O3. The molecule has 0 rings (SSSR count). The lowest BCUT2D eigenvalue weighted by molar-refractivity contribution is -0.229. The van der Waals surface area contributed by atoms with Gasteiger partial charge in [0.15, 0.2) is 0 Å². The van der Waals surface area contributed by atoms with Gasteiger partial charge in [-0.25, -0.2) is 4.79 Å². The second-order valence-corrected chi connectivity index (χ2v) is 1.69. The van der Waals surface area contributed by atoms with Crippen molar-refractivity contribution in [3.8, 4) is 0 Å². The third-order valence-electron chi connectivity index (χ3n) is 1.06. The van der Waals surface area contributed by atoms with E-state index in [1.807, 2.05) is 0 Å². The molecule has 1 N–H and O–H groups in total. The van der Waals surface area contributed by atoms with Crippen molar-refractivity contribution in [2.24, 2.45) is 0 Å². The van der Waals surface area contributed by atoms with Crippen LogP contribution in [0.5, 0.6) is 0 Å². The van der Waals surface area contributed by atoms with Crippen LogP contribution in [0.2, 0.25) is 0 Å². The van der Waals surface area contributed by atoms with Crippen molar-refractivity contribution < 1.29 is 14.9 Å². The van der Waals surface area contributed by atoms with Gasteiger partial charge in [0, 0.05) is 5.57 Å². The van der Waals surface area contributed by atoms with Crippen LogP contribution < -0.4 is 0 Å². The molecule has 0 heterocycles. The predicted molar refractivity (Wildman–Crippen MR) is 37.3 cm³/mol. The van der Waals surface area contributed by atoms with Crippen molar-refractivity contribution in [3.63, 3.8) is 0 Å². The maximum Gasteiger partial charge on any atom is 0.368 e. The molecule has 0 aromatic carbocycles. The third-order valence-corrected chi connectivity index (χ3v) is 1.06. The average molecular weight is 142 g/mol. The number of hydrogen-bond acceptors (Lipinski definition) is 3. The van der Waals surface area contributed by atoms with E-state index >= 15 is 0 Å². The Labute approximate surface area is 59.5 Å². The Morgan fingerprint density at radius 3 is 2.70 bits per heavy atom. The summed E-state index contributed by atoms with van der Waals surface area (Å²) in [5.41, 5.74) is 0.400. The minimum absolute atomic E-state index is 0.400. The second-order valence-electron chi connectivity index (χ2n) is 1.69. The summed E-state index contributed by atoms with van der Waals surface area (Å²) in [6.45, 7) is 5.13. The molecule has 0 aromatic heterocycles. The van der Waals surface area contributed by atoms with E-state index in [9.17, 15) is 4.79 Å². The zero-order valence-electron chi connectivity index (χ0n) is 5.83. The number of carbonyl (C=O) groups is 1. The first-order valence-electron chi connectivity index (χ1n) is 2.88. The van der Waals surface area contributed by atoms with Crippen molar-refractivity contribution in [1.29, 1.82) is 0 Å². The van der Waals surface area contributed by atoms with Crippen LogP contribution in [0.25, 0.3) is 0 Å². The molecule has 0 atom stereocenters. The van der Waals surface area contributed by atoms with Crippen molar-refractivity contribution in [2.45, 2.75) is 13.3 Å². The Bertz CT molecular complexity index is 158. The van der Waals surface area contributed by atoms with E-state index in [1.165, 1.54) is 0 Å². The van der Waals surface area contributed by atoms with Gasteiger partial charge in [-0.15, -0.1) is 6.58 Å². The Morgan fingerprint density at radius 2 is 2.40 bits per heavy atom. The molecule has 0 fully saturated rings. The van der Waals surface area contributed by atoms with Crippen LogP contribution in [-0.2, 0) is 9.68 Å². The number of hydrogen-bond donors (Lipinski definition) is 1. The van der Waals surface area contributed by atoms with E-state index in [0.29, 0.717) is 12.0 Å². The largest absolute Gasteiger partial charge is 0.368 e. The van der Waals surface area contributed by atoms with Crippen LogP contribution in [0, 0.1) is 0 Å². The van der Waals surface area contributed by atoms with Crippen molar-refractivity contribution in [3.05, 3.63) is 24.3 Å². The van der Waals surface area contributed by atoms with Gasteiger partial charge in [0.2, 0.25) is 0 Å². The fourth-order valence-electron chi connectivity index (χ4n) is 0.533. The smallest absolute Gasteiger partial charge is 0.296 e. The SMILES string of the molecule is C=CCC(=CC)C(=O)OO. The Hall–Kier alpha value is -1.09. The molecule has 0 amide bonds. The van der Waals surface area contributed by atoms with Crippen LogP contribution in [0.4, 0.5) is 0 Å². The molecule has 0 aromatic rings. The lowest BCUT2D eigenvalue weighted by Crippen LogP contribution is -2.03. The van der Waals surface area contributed by atoms with E-state index in [4.69, 9.17) is 5.26 Å². The van der Waals surface area contributed by atoms with Gasteiger partial charge < -0.3 is 0 Å². The zero-order valence-corrected chi connectivity index (χ0v) is 5.83. The highest BCUT2D eigenvalue weighted by atomic mass is 17.1. The van der Waals surface area contributed by atoms with Gasteiger partial charge in [-0.05, 0) is 13.3 Å². The highest BCUT2D eigenvalue weighted by Gasteiger charge is 2.06. The van der Waals surface area contributed by atoms with Gasteiger partial charge in [-0.3, -0.25) is 4.89 Å². The Morgan fingerprint density at radius 1 is 1.80 bits per heavy atom. The van der Waals surface area contributed by atoms with E-state index in [2.05, 4.69) is 11.5 Å². The van der Waals surface area contributed by atoms with Gasteiger partial charge in [-0.1, -0.05) is 12.2 Å². The molecule has 0 unspecified atom stereocenters. The van der Waals surface area contributed by atoms with Crippen LogP contribution in [0.1, 0.15) is 13.3 Å². The first-order chi connectivity index (χ1) is 4.76.